The van der Waals surface area contributed by atoms with E-state index in [4.69, 9.17) is 28.4 Å². The van der Waals surface area contributed by atoms with Crippen molar-refractivity contribution in [2.75, 3.05) is 71.7 Å². The highest BCUT2D eigenvalue weighted by Crippen LogP contribution is 2.36. The van der Waals surface area contributed by atoms with Crippen LogP contribution in [0.25, 0.3) is 0 Å². The molecule has 1 N–H and O–H groups in total. The highest BCUT2D eigenvalue weighted by atomic mass is 16.6. The number of nitrogens with zero attached hydrogens (tertiary/aromatic N) is 2. The van der Waals surface area contributed by atoms with Crippen molar-refractivity contribution in [3.05, 3.63) is 95.1 Å². The average Bonchev–Trinajstić information content (AvgIpc) is 3.13. The zero-order chi connectivity index (χ0) is 34.4. The summed E-state index contributed by atoms with van der Waals surface area (Å²) in [5, 5.41) is 10.5. The predicted octanol–water partition coefficient (Wildman–Crippen LogP) is 5.59. The molecule has 0 spiro atoms. The zero-order valence-electron chi connectivity index (χ0n) is 29.1. The van der Waals surface area contributed by atoms with Gasteiger partial charge in [-0.05, 0) is 47.2 Å². The largest absolute Gasteiger partial charge is 0.490 e. The van der Waals surface area contributed by atoms with Gasteiger partial charge in [-0.2, -0.15) is 0 Å². The number of aryl methyl sites for hydroxylation is 1. The van der Waals surface area contributed by atoms with Gasteiger partial charge in [0.15, 0.2) is 0 Å². The smallest absolute Gasteiger partial charge is 0.410 e. The number of hydrogen-bond donors (Lipinski definition) is 1. The minimum absolute atomic E-state index is 0.0618. The Bertz CT molecular complexity index is 1420. The van der Waals surface area contributed by atoms with E-state index >= 15 is 0 Å². The van der Waals surface area contributed by atoms with E-state index in [2.05, 4.69) is 42.2 Å². The average molecular weight is 677 g/mol. The zero-order valence-corrected chi connectivity index (χ0v) is 29.1. The number of carbonyl (C=O) groups excluding carboxylic acids is 1. The summed E-state index contributed by atoms with van der Waals surface area (Å²) in [7, 11) is 3.27. The molecular weight excluding hydrogens is 624 g/mol. The summed E-state index contributed by atoms with van der Waals surface area (Å²) < 4.78 is 35.3. The SMILES string of the molecule is CCCc1ccc([C@@H]2[C@@H](OCc3ccc4c(c3)N(CCCOC)CCO4)CN(C(=O)OCc3ccccc3)C[C@H]2OC[C@H](O)COC)cc1. The number of hydrogen-bond acceptors (Lipinski definition) is 9. The van der Waals surface area contributed by atoms with Gasteiger partial charge in [0.25, 0.3) is 0 Å². The Kier molecular flexibility index (Phi) is 14.1. The fourth-order valence-electron chi connectivity index (χ4n) is 6.59. The van der Waals surface area contributed by atoms with Gasteiger partial charge in [0.05, 0.1) is 57.4 Å². The van der Waals surface area contributed by atoms with Gasteiger partial charge >= 0.3 is 6.09 Å². The molecule has 0 aliphatic carbocycles. The fourth-order valence-corrected chi connectivity index (χ4v) is 6.59. The monoisotopic (exact) mass is 676 g/mol. The number of aliphatic hydroxyl groups is 1. The summed E-state index contributed by atoms with van der Waals surface area (Å²) in [5.74, 6) is 0.667. The molecule has 2 aliphatic heterocycles. The molecule has 1 saturated heterocycles. The molecule has 0 radical (unpaired) electrons. The summed E-state index contributed by atoms with van der Waals surface area (Å²) in [6.45, 7) is 6.54. The van der Waals surface area contributed by atoms with Crippen LogP contribution in [-0.4, -0.2) is 101 Å². The van der Waals surface area contributed by atoms with E-state index < -0.39 is 24.4 Å². The van der Waals surface area contributed by atoms with Gasteiger partial charge in [-0.15, -0.1) is 0 Å². The second-order valence-corrected chi connectivity index (χ2v) is 12.8. The first-order chi connectivity index (χ1) is 24.0. The van der Waals surface area contributed by atoms with Crippen molar-refractivity contribution in [1.82, 2.24) is 4.90 Å². The molecule has 3 aromatic rings. The van der Waals surface area contributed by atoms with Crippen molar-refractivity contribution in [1.29, 1.82) is 0 Å². The first-order valence-electron chi connectivity index (χ1n) is 17.4. The maximum atomic E-state index is 13.5. The van der Waals surface area contributed by atoms with Gasteiger partial charge in [-0.25, -0.2) is 4.79 Å². The Balaban J connectivity index is 1.39. The van der Waals surface area contributed by atoms with Gasteiger partial charge in [0, 0.05) is 33.3 Å². The van der Waals surface area contributed by atoms with Crippen LogP contribution < -0.4 is 9.64 Å². The van der Waals surface area contributed by atoms with Crippen molar-refractivity contribution < 1.29 is 38.3 Å². The van der Waals surface area contributed by atoms with E-state index in [0.717, 1.165) is 60.5 Å². The number of carbonyl (C=O) groups is 1. The molecule has 10 heteroatoms. The fraction of sp³-hybridized carbons (Fsp3) is 0.513. The summed E-state index contributed by atoms with van der Waals surface area (Å²) in [6, 6.07) is 24.4. The minimum Gasteiger partial charge on any atom is -0.490 e. The highest BCUT2D eigenvalue weighted by Gasteiger charge is 2.42. The molecule has 0 saturated carbocycles. The number of methoxy groups -OCH3 is 2. The van der Waals surface area contributed by atoms with E-state index in [0.29, 0.717) is 32.9 Å². The van der Waals surface area contributed by atoms with E-state index in [1.165, 1.54) is 5.56 Å². The molecular formula is C39H52N2O8. The molecule has 0 bridgehead atoms. The molecule has 2 heterocycles. The van der Waals surface area contributed by atoms with Gasteiger partial charge in [-0.1, -0.05) is 74.0 Å². The number of anilines is 1. The number of likely N-dealkylation sites (tertiary alicyclic amines) is 1. The standard InChI is InChI=1S/C39H52N2O8/c1-4-9-29-12-15-32(16-13-29)38-36(47-26-31-14-17-35-34(22-31)40(19-21-46-35)18-8-20-44-2)23-41(24-37(38)48-28-33(42)27-45-3)39(43)49-25-30-10-6-5-7-11-30/h5-7,10-17,22,33,36-38,42H,4,8-9,18-21,23-28H2,1-3H3/t33-,36+,37-,38-/m1/s1. The number of rotatable bonds is 17. The Morgan fingerprint density at radius 3 is 2.39 bits per heavy atom. The van der Waals surface area contributed by atoms with E-state index in [1.54, 1.807) is 19.1 Å². The molecule has 0 aromatic heterocycles. The number of fused-ring (bicyclic) bond motifs is 1. The Hall–Kier alpha value is -3.67. The third-order valence-electron chi connectivity index (χ3n) is 9.05. The van der Waals surface area contributed by atoms with Crippen molar-refractivity contribution in [2.45, 2.75) is 63.6 Å². The van der Waals surface area contributed by atoms with Crippen molar-refractivity contribution in [3.8, 4) is 5.75 Å². The first kappa shape index (κ1) is 36.6. The second-order valence-electron chi connectivity index (χ2n) is 12.8. The van der Waals surface area contributed by atoms with Gasteiger partial charge in [-0.3, -0.25) is 0 Å². The molecule has 266 valence electrons. The summed E-state index contributed by atoms with van der Waals surface area (Å²) in [5.41, 5.74) is 5.31. The maximum Gasteiger partial charge on any atom is 0.410 e. The summed E-state index contributed by atoms with van der Waals surface area (Å²) in [4.78, 5) is 17.5. The van der Waals surface area contributed by atoms with Crippen LogP contribution in [0.3, 0.4) is 0 Å². The Morgan fingerprint density at radius 1 is 0.898 bits per heavy atom. The lowest BCUT2D eigenvalue weighted by atomic mass is 9.84. The predicted molar refractivity (Wildman–Crippen MR) is 188 cm³/mol. The lowest BCUT2D eigenvalue weighted by Gasteiger charge is -2.43. The molecule has 10 nitrogen and oxygen atoms in total. The van der Waals surface area contributed by atoms with Crippen LogP contribution in [0.4, 0.5) is 10.5 Å². The third-order valence-corrected chi connectivity index (χ3v) is 9.05. The highest BCUT2D eigenvalue weighted by molar-refractivity contribution is 5.68. The second kappa shape index (κ2) is 18.9. The van der Waals surface area contributed by atoms with E-state index in [9.17, 15) is 9.90 Å². The van der Waals surface area contributed by atoms with Crippen molar-refractivity contribution >= 4 is 11.8 Å². The van der Waals surface area contributed by atoms with Gasteiger partial charge in [0.2, 0.25) is 0 Å². The normalized spacial score (nSPS) is 19.6. The van der Waals surface area contributed by atoms with E-state index in [1.807, 2.05) is 42.5 Å². The number of amides is 1. The number of aliphatic hydroxyl groups excluding tert-OH is 1. The molecule has 2 aliphatic rings. The van der Waals surface area contributed by atoms with Crippen molar-refractivity contribution in [3.63, 3.8) is 0 Å². The van der Waals surface area contributed by atoms with Crippen LogP contribution in [0, 0.1) is 0 Å². The molecule has 1 fully saturated rings. The van der Waals surface area contributed by atoms with E-state index in [-0.39, 0.29) is 25.7 Å². The summed E-state index contributed by atoms with van der Waals surface area (Å²) >= 11 is 0. The van der Waals surface area contributed by atoms with Crippen LogP contribution in [0.2, 0.25) is 0 Å². The van der Waals surface area contributed by atoms with Crippen LogP contribution in [0.1, 0.15) is 47.9 Å². The summed E-state index contributed by atoms with van der Waals surface area (Å²) in [6.07, 6.45) is 0.880. The molecule has 49 heavy (non-hydrogen) atoms. The van der Waals surface area contributed by atoms with Crippen LogP contribution in [0.15, 0.2) is 72.8 Å². The number of benzene rings is 3. The number of ether oxygens (including phenoxy) is 6. The van der Waals surface area contributed by atoms with Gasteiger partial charge < -0.3 is 43.3 Å². The number of piperidine rings is 1. The van der Waals surface area contributed by atoms with Crippen LogP contribution in [-0.2, 0) is 43.3 Å². The lowest BCUT2D eigenvalue weighted by molar-refractivity contribution is -0.109. The molecule has 1 amide bonds. The molecule has 4 atom stereocenters. The lowest BCUT2D eigenvalue weighted by Crippen LogP contribution is -2.55. The third kappa shape index (κ3) is 10.4. The Morgan fingerprint density at radius 2 is 1.65 bits per heavy atom. The molecule has 3 aromatic carbocycles. The maximum absolute atomic E-state index is 13.5. The molecule has 5 rings (SSSR count). The van der Waals surface area contributed by atoms with Crippen LogP contribution >= 0.6 is 0 Å². The minimum atomic E-state index is -0.804. The van der Waals surface area contributed by atoms with Crippen LogP contribution in [0.5, 0.6) is 5.75 Å². The topological polar surface area (TPSA) is 99.2 Å². The van der Waals surface area contributed by atoms with Crippen molar-refractivity contribution in [2.24, 2.45) is 0 Å². The molecule has 0 unspecified atom stereocenters. The quantitative estimate of drug-likeness (QED) is 0.184. The Labute approximate surface area is 290 Å². The first-order valence-corrected chi connectivity index (χ1v) is 17.4. The van der Waals surface area contributed by atoms with Gasteiger partial charge in [0.1, 0.15) is 25.1 Å².